The Morgan fingerprint density at radius 3 is 2.65 bits per heavy atom. The Labute approximate surface area is 121 Å². The minimum absolute atomic E-state index is 0.0770. The van der Waals surface area contributed by atoms with Crippen LogP contribution >= 0.6 is 11.3 Å². The molecule has 1 aromatic heterocycles. The first-order valence-electron chi connectivity index (χ1n) is 6.72. The van der Waals surface area contributed by atoms with Crippen LogP contribution in [-0.4, -0.2) is 28.1 Å². The predicted molar refractivity (Wildman–Crippen MR) is 75.6 cm³/mol. The molecule has 0 atom stereocenters. The summed E-state index contributed by atoms with van der Waals surface area (Å²) in [7, 11) is 0. The summed E-state index contributed by atoms with van der Waals surface area (Å²) in [5, 5.41) is 14.6. The number of carbonyl (C=O) groups is 2. The van der Waals surface area contributed by atoms with Gasteiger partial charge >= 0.3 is 12.0 Å². The standard InChI is InChI=1S/C13H19N3O3S/c1-8-11(20-7-15-8)6-14-13(19)16-10-4-2-9(3-5-10)12(17)18/h7,9-10H,2-6H2,1H3,(H,17,18)(H2,14,16,19). The van der Waals surface area contributed by atoms with Crippen molar-refractivity contribution in [3.63, 3.8) is 0 Å². The molecule has 0 aromatic carbocycles. The number of urea groups is 1. The molecule has 1 heterocycles. The smallest absolute Gasteiger partial charge is 0.315 e. The van der Waals surface area contributed by atoms with Crippen LogP contribution in [-0.2, 0) is 11.3 Å². The molecule has 0 radical (unpaired) electrons. The number of thiazole rings is 1. The van der Waals surface area contributed by atoms with Crippen molar-refractivity contribution in [2.45, 2.75) is 45.2 Å². The van der Waals surface area contributed by atoms with E-state index in [0.717, 1.165) is 23.4 Å². The molecule has 2 rings (SSSR count). The normalized spacial score (nSPS) is 22.2. The summed E-state index contributed by atoms with van der Waals surface area (Å²) in [6.07, 6.45) is 2.72. The first-order chi connectivity index (χ1) is 9.56. The number of aromatic nitrogens is 1. The van der Waals surface area contributed by atoms with Crippen LogP contribution in [0.15, 0.2) is 5.51 Å². The van der Waals surface area contributed by atoms with Crippen LogP contribution in [0.3, 0.4) is 0 Å². The Balaban J connectivity index is 1.70. The molecular weight excluding hydrogens is 278 g/mol. The van der Waals surface area contributed by atoms with Gasteiger partial charge in [0, 0.05) is 10.9 Å². The summed E-state index contributed by atoms with van der Waals surface area (Å²) in [5.41, 5.74) is 2.70. The van der Waals surface area contributed by atoms with Gasteiger partial charge in [0.2, 0.25) is 0 Å². The lowest BCUT2D eigenvalue weighted by Crippen LogP contribution is -2.43. The van der Waals surface area contributed by atoms with Crippen LogP contribution < -0.4 is 10.6 Å². The number of carbonyl (C=O) groups excluding carboxylic acids is 1. The zero-order valence-electron chi connectivity index (χ0n) is 11.4. The summed E-state index contributed by atoms with van der Waals surface area (Å²) in [5.74, 6) is -0.982. The van der Waals surface area contributed by atoms with Gasteiger partial charge in [-0.1, -0.05) is 0 Å². The van der Waals surface area contributed by atoms with Gasteiger partial charge in [-0.3, -0.25) is 4.79 Å². The lowest BCUT2D eigenvalue weighted by molar-refractivity contribution is -0.142. The first kappa shape index (κ1) is 14.8. The maximum Gasteiger partial charge on any atom is 0.315 e. The summed E-state index contributed by atoms with van der Waals surface area (Å²) in [6, 6.07) is -0.121. The fraction of sp³-hybridized carbons (Fsp3) is 0.615. The van der Waals surface area contributed by atoms with E-state index in [0.29, 0.717) is 19.4 Å². The van der Waals surface area contributed by atoms with Gasteiger partial charge < -0.3 is 15.7 Å². The van der Waals surface area contributed by atoms with Gasteiger partial charge in [-0.25, -0.2) is 9.78 Å². The van der Waals surface area contributed by atoms with Gasteiger partial charge in [-0.05, 0) is 32.6 Å². The third kappa shape index (κ3) is 3.93. The van der Waals surface area contributed by atoms with Crippen molar-refractivity contribution < 1.29 is 14.7 Å². The summed E-state index contributed by atoms with van der Waals surface area (Å²) in [6.45, 7) is 2.39. The molecule has 110 valence electrons. The topological polar surface area (TPSA) is 91.3 Å². The highest BCUT2D eigenvalue weighted by atomic mass is 32.1. The molecule has 0 bridgehead atoms. The number of aryl methyl sites for hydroxylation is 1. The third-order valence-corrected chi connectivity index (χ3v) is 4.60. The van der Waals surface area contributed by atoms with Gasteiger partial charge in [0.05, 0.1) is 23.7 Å². The maximum absolute atomic E-state index is 11.8. The number of nitrogens with zero attached hydrogens (tertiary/aromatic N) is 1. The molecule has 1 aromatic rings. The second-order valence-electron chi connectivity index (χ2n) is 5.07. The van der Waals surface area contributed by atoms with Gasteiger partial charge in [0.15, 0.2) is 0 Å². The van der Waals surface area contributed by atoms with Crippen molar-refractivity contribution >= 4 is 23.3 Å². The molecule has 20 heavy (non-hydrogen) atoms. The minimum atomic E-state index is -0.728. The van der Waals surface area contributed by atoms with Gasteiger partial charge in [-0.2, -0.15) is 0 Å². The predicted octanol–water partition coefficient (Wildman–Crippen LogP) is 1.89. The highest BCUT2D eigenvalue weighted by Gasteiger charge is 2.26. The first-order valence-corrected chi connectivity index (χ1v) is 7.60. The molecule has 2 amide bonds. The molecule has 0 saturated heterocycles. The Kier molecular flexibility index (Phi) is 4.94. The molecule has 0 unspecified atom stereocenters. The monoisotopic (exact) mass is 297 g/mol. The summed E-state index contributed by atoms with van der Waals surface area (Å²) < 4.78 is 0. The van der Waals surface area contributed by atoms with E-state index in [4.69, 9.17) is 5.11 Å². The van der Waals surface area contributed by atoms with E-state index < -0.39 is 5.97 Å². The minimum Gasteiger partial charge on any atom is -0.481 e. The average molecular weight is 297 g/mol. The molecule has 1 aliphatic rings. The number of nitrogens with one attached hydrogen (secondary N) is 2. The quantitative estimate of drug-likeness (QED) is 0.791. The van der Waals surface area contributed by atoms with E-state index in [1.54, 1.807) is 5.51 Å². The second kappa shape index (κ2) is 6.69. The van der Waals surface area contributed by atoms with E-state index in [1.165, 1.54) is 11.3 Å². The second-order valence-corrected chi connectivity index (χ2v) is 6.01. The number of aliphatic carboxylic acids is 1. The van der Waals surface area contributed by atoms with Crippen LogP contribution in [0, 0.1) is 12.8 Å². The molecule has 1 saturated carbocycles. The maximum atomic E-state index is 11.8. The lowest BCUT2D eigenvalue weighted by Gasteiger charge is -2.26. The number of hydrogen-bond acceptors (Lipinski definition) is 4. The molecular formula is C13H19N3O3S. The summed E-state index contributed by atoms with van der Waals surface area (Å²) in [4.78, 5) is 27.8. The Morgan fingerprint density at radius 1 is 1.40 bits per heavy atom. The molecule has 0 spiro atoms. The molecule has 1 aliphatic carbocycles. The van der Waals surface area contributed by atoms with Crippen molar-refractivity contribution in [2.24, 2.45) is 5.92 Å². The van der Waals surface area contributed by atoms with Gasteiger partial charge in [0.25, 0.3) is 0 Å². The van der Waals surface area contributed by atoms with E-state index in [2.05, 4.69) is 15.6 Å². The number of rotatable bonds is 4. The van der Waals surface area contributed by atoms with E-state index in [9.17, 15) is 9.59 Å². The number of carboxylic acid groups (broad SMARTS) is 1. The van der Waals surface area contributed by atoms with Crippen molar-refractivity contribution in [3.8, 4) is 0 Å². The summed E-state index contributed by atoms with van der Waals surface area (Å²) >= 11 is 1.52. The molecule has 3 N–H and O–H groups in total. The highest BCUT2D eigenvalue weighted by molar-refractivity contribution is 7.09. The highest BCUT2D eigenvalue weighted by Crippen LogP contribution is 2.24. The molecule has 1 fully saturated rings. The van der Waals surface area contributed by atoms with Crippen LogP contribution in [0.4, 0.5) is 4.79 Å². The fourth-order valence-electron chi connectivity index (χ4n) is 2.38. The molecule has 6 nitrogen and oxygen atoms in total. The van der Waals surface area contributed by atoms with Crippen molar-refractivity contribution in [2.75, 3.05) is 0 Å². The molecule has 0 aliphatic heterocycles. The van der Waals surface area contributed by atoms with Gasteiger partial charge in [0.1, 0.15) is 0 Å². The van der Waals surface area contributed by atoms with Crippen LogP contribution in [0.25, 0.3) is 0 Å². The Hall–Kier alpha value is -1.63. The third-order valence-electron chi connectivity index (χ3n) is 3.67. The van der Waals surface area contributed by atoms with Gasteiger partial charge in [-0.15, -0.1) is 11.3 Å². The Bertz CT molecular complexity index is 481. The zero-order valence-corrected chi connectivity index (χ0v) is 12.2. The van der Waals surface area contributed by atoms with Crippen LogP contribution in [0.5, 0.6) is 0 Å². The zero-order chi connectivity index (χ0) is 14.5. The SMILES string of the molecule is Cc1ncsc1CNC(=O)NC1CCC(C(=O)O)CC1. The van der Waals surface area contributed by atoms with Crippen molar-refractivity contribution in [1.29, 1.82) is 0 Å². The number of amides is 2. The van der Waals surface area contributed by atoms with Crippen molar-refractivity contribution in [3.05, 3.63) is 16.1 Å². The largest absolute Gasteiger partial charge is 0.481 e. The van der Waals surface area contributed by atoms with Crippen molar-refractivity contribution in [1.82, 2.24) is 15.6 Å². The Morgan fingerprint density at radius 2 is 2.10 bits per heavy atom. The average Bonchev–Trinajstić information content (AvgIpc) is 2.82. The number of hydrogen-bond donors (Lipinski definition) is 3. The van der Waals surface area contributed by atoms with E-state index in [-0.39, 0.29) is 18.0 Å². The van der Waals surface area contributed by atoms with Crippen LogP contribution in [0.2, 0.25) is 0 Å². The number of carboxylic acids is 1. The molecule has 7 heteroatoms. The fourth-order valence-corrected chi connectivity index (χ4v) is 3.09. The van der Waals surface area contributed by atoms with Crippen LogP contribution in [0.1, 0.15) is 36.3 Å². The van der Waals surface area contributed by atoms with E-state index in [1.807, 2.05) is 6.92 Å². The lowest BCUT2D eigenvalue weighted by atomic mass is 9.86. The van der Waals surface area contributed by atoms with E-state index >= 15 is 0 Å².